The summed E-state index contributed by atoms with van der Waals surface area (Å²) >= 11 is 2.26. The molecule has 3 unspecified atom stereocenters. The lowest BCUT2D eigenvalue weighted by Crippen LogP contribution is -2.39. The Hall–Kier alpha value is -3.11. The highest BCUT2D eigenvalue weighted by molar-refractivity contribution is 8.00. The van der Waals surface area contributed by atoms with Crippen molar-refractivity contribution in [3.05, 3.63) is 69.0 Å². The Balaban J connectivity index is 1.41. The highest BCUT2D eigenvalue weighted by atomic mass is 32.2. The maximum Gasteiger partial charge on any atom is 0.308 e. The summed E-state index contributed by atoms with van der Waals surface area (Å²) in [5.41, 5.74) is 0.525. The van der Waals surface area contributed by atoms with Crippen LogP contribution in [0.5, 0.6) is 0 Å². The van der Waals surface area contributed by atoms with Crippen LogP contribution in [0, 0.1) is 5.92 Å². The first-order valence-electron chi connectivity index (χ1n) is 11.7. The first kappa shape index (κ1) is 22.4. The molecule has 2 aromatic heterocycles. The van der Waals surface area contributed by atoms with Gasteiger partial charge in [0.05, 0.1) is 33.7 Å². The number of hydrogen-bond donors (Lipinski definition) is 0. The predicted molar refractivity (Wildman–Crippen MR) is 132 cm³/mol. The summed E-state index contributed by atoms with van der Waals surface area (Å²) in [6.07, 6.45) is 4.57. The molecular formula is C25H23N3O5S2. The number of rotatable bonds is 4. The number of anilines is 1. The first-order chi connectivity index (χ1) is 17.0. The molecule has 3 aliphatic rings. The van der Waals surface area contributed by atoms with E-state index in [0.717, 1.165) is 30.6 Å². The van der Waals surface area contributed by atoms with Crippen molar-refractivity contribution in [2.45, 2.75) is 42.0 Å². The molecule has 5 heterocycles. The molecule has 0 saturated carbocycles. The summed E-state index contributed by atoms with van der Waals surface area (Å²) in [6.45, 7) is 1.34. The monoisotopic (exact) mass is 509 g/mol. The van der Waals surface area contributed by atoms with Crippen molar-refractivity contribution in [2.75, 3.05) is 18.0 Å². The molecule has 3 amide bonds. The van der Waals surface area contributed by atoms with Gasteiger partial charge in [0.15, 0.2) is 0 Å². The predicted octanol–water partition coefficient (Wildman–Crippen LogP) is 3.31. The quantitative estimate of drug-likeness (QED) is 0.501. The van der Waals surface area contributed by atoms with Crippen molar-refractivity contribution < 1.29 is 18.8 Å². The number of thioether (sulfide) groups is 1. The van der Waals surface area contributed by atoms with E-state index in [0.29, 0.717) is 34.4 Å². The molecule has 2 saturated heterocycles. The summed E-state index contributed by atoms with van der Waals surface area (Å²) in [6, 6.07) is 12.4. The number of imide groups is 1. The number of para-hydroxylation sites is 1. The second-order valence-corrected chi connectivity index (χ2v) is 11.1. The number of aromatic nitrogens is 1. The highest BCUT2D eigenvalue weighted by Crippen LogP contribution is 2.53. The minimum Gasteiger partial charge on any atom is -0.469 e. The third-order valence-corrected chi connectivity index (χ3v) is 9.52. The zero-order valence-corrected chi connectivity index (χ0v) is 20.4. The molecular weight excluding hydrogens is 486 g/mol. The lowest BCUT2D eigenvalue weighted by Gasteiger charge is -2.30. The molecule has 6 rings (SSSR count). The third kappa shape index (κ3) is 3.66. The molecule has 0 bridgehead atoms. The summed E-state index contributed by atoms with van der Waals surface area (Å²) in [5.74, 6) is -1.44. The Kier molecular flexibility index (Phi) is 5.64. The van der Waals surface area contributed by atoms with Crippen LogP contribution in [0.4, 0.5) is 5.69 Å². The van der Waals surface area contributed by atoms with Crippen LogP contribution in [0.15, 0.2) is 63.0 Å². The van der Waals surface area contributed by atoms with E-state index in [1.165, 1.54) is 27.5 Å². The molecule has 3 aromatic rings. The second-order valence-electron chi connectivity index (χ2n) is 8.97. The summed E-state index contributed by atoms with van der Waals surface area (Å²) in [5, 5.41) is -0.125. The minimum atomic E-state index is -0.712. The molecule has 0 spiro atoms. The summed E-state index contributed by atoms with van der Waals surface area (Å²) in [4.78, 5) is 56.8. The van der Waals surface area contributed by atoms with E-state index in [4.69, 9.17) is 4.42 Å². The van der Waals surface area contributed by atoms with Crippen LogP contribution in [-0.4, -0.2) is 45.5 Å². The average molecular weight is 510 g/mol. The number of fused-ring (bicyclic) bond motifs is 2. The number of nitrogens with zero attached hydrogens (tertiary/aromatic N) is 3. The van der Waals surface area contributed by atoms with Crippen molar-refractivity contribution in [3.63, 3.8) is 0 Å². The Morgan fingerprint density at radius 2 is 1.74 bits per heavy atom. The van der Waals surface area contributed by atoms with E-state index < -0.39 is 17.1 Å². The molecule has 3 atom stereocenters. The van der Waals surface area contributed by atoms with E-state index in [2.05, 4.69) is 0 Å². The van der Waals surface area contributed by atoms with Crippen LogP contribution >= 0.6 is 23.1 Å². The third-order valence-electron chi connectivity index (χ3n) is 6.92. The van der Waals surface area contributed by atoms with Gasteiger partial charge in [0, 0.05) is 13.1 Å². The van der Waals surface area contributed by atoms with E-state index in [9.17, 15) is 19.2 Å². The van der Waals surface area contributed by atoms with Crippen LogP contribution in [0.1, 0.15) is 35.8 Å². The van der Waals surface area contributed by atoms with Gasteiger partial charge in [-0.2, -0.15) is 0 Å². The van der Waals surface area contributed by atoms with Gasteiger partial charge in [-0.1, -0.05) is 41.3 Å². The topological polar surface area (TPSA) is 92.8 Å². The molecule has 10 heteroatoms. The van der Waals surface area contributed by atoms with E-state index in [-0.39, 0.29) is 29.1 Å². The molecule has 1 aromatic carbocycles. The zero-order valence-electron chi connectivity index (χ0n) is 18.8. The summed E-state index contributed by atoms with van der Waals surface area (Å²) < 4.78 is 7.20. The fraction of sp³-hybridized carbons (Fsp3) is 0.360. The van der Waals surface area contributed by atoms with Gasteiger partial charge in [0.2, 0.25) is 17.7 Å². The van der Waals surface area contributed by atoms with Gasteiger partial charge in [-0.05, 0) is 43.5 Å². The normalized spacial score (nSPS) is 23.9. The Labute approximate surface area is 209 Å². The van der Waals surface area contributed by atoms with Crippen molar-refractivity contribution in [2.24, 2.45) is 5.92 Å². The van der Waals surface area contributed by atoms with Gasteiger partial charge in [0.25, 0.3) is 0 Å². The Bertz CT molecular complexity index is 1340. The molecule has 0 N–H and O–H groups in total. The maximum absolute atomic E-state index is 13.7. The molecule has 35 heavy (non-hydrogen) atoms. The van der Waals surface area contributed by atoms with Gasteiger partial charge >= 0.3 is 4.87 Å². The fourth-order valence-corrected chi connectivity index (χ4v) is 7.99. The number of likely N-dealkylation sites (tertiary alicyclic amines) is 1. The lowest BCUT2D eigenvalue weighted by molar-refractivity contribution is -0.133. The van der Waals surface area contributed by atoms with Gasteiger partial charge in [-0.3, -0.25) is 23.7 Å². The number of hydrogen-bond acceptors (Lipinski definition) is 7. The fourth-order valence-electron chi connectivity index (χ4n) is 5.24. The van der Waals surface area contributed by atoms with Gasteiger partial charge < -0.3 is 9.32 Å². The smallest absolute Gasteiger partial charge is 0.308 e. The summed E-state index contributed by atoms with van der Waals surface area (Å²) in [7, 11) is 0. The number of carbonyl (C=O) groups excluding carboxylic acids is 3. The van der Waals surface area contributed by atoms with Crippen LogP contribution < -0.4 is 9.77 Å². The van der Waals surface area contributed by atoms with E-state index in [1.807, 2.05) is 11.0 Å². The molecule has 8 nitrogen and oxygen atoms in total. The van der Waals surface area contributed by atoms with Gasteiger partial charge in [-0.15, -0.1) is 0 Å². The number of amides is 3. The van der Waals surface area contributed by atoms with E-state index >= 15 is 0 Å². The average Bonchev–Trinajstić information content (AvgIpc) is 3.58. The molecule has 0 aliphatic carbocycles. The van der Waals surface area contributed by atoms with Crippen LogP contribution in [0.25, 0.3) is 0 Å². The number of benzene rings is 1. The highest BCUT2D eigenvalue weighted by Gasteiger charge is 2.57. The maximum atomic E-state index is 13.7. The first-order valence-corrected chi connectivity index (χ1v) is 13.4. The Morgan fingerprint density at radius 3 is 2.46 bits per heavy atom. The second kappa shape index (κ2) is 8.83. The van der Waals surface area contributed by atoms with Crippen molar-refractivity contribution >= 4 is 46.5 Å². The number of furan rings is 1. The molecule has 2 fully saturated rings. The van der Waals surface area contributed by atoms with Crippen molar-refractivity contribution in [3.8, 4) is 0 Å². The van der Waals surface area contributed by atoms with Crippen LogP contribution in [0.2, 0.25) is 0 Å². The number of piperidine rings is 1. The van der Waals surface area contributed by atoms with Gasteiger partial charge in [-0.25, -0.2) is 4.90 Å². The van der Waals surface area contributed by atoms with Crippen molar-refractivity contribution in [1.29, 1.82) is 0 Å². The number of carbonyl (C=O) groups is 3. The zero-order chi connectivity index (χ0) is 24.1. The molecule has 180 valence electrons. The largest absolute Gasteiger partial charge is 0.469 e. The van der Waals surface area contributed by atoms with Crippen LogP contribution in [-0.2, 0) is 20.9 Å². The SMILES string of the molecule is O=C(Cn1c2c(sc1=O)C(c1ccco1)C1C(=O)N(c3ccccc3)C(=O)C1S2)N1CCCCC1. The Morgan fingerprint density at radius 1 is 0.971 bits per heavy atom. The van der Waals surface area contributed by atoms with Crippen LogP contribution in [0.3, 0.4) is 0 Å². The van der Waals surface area contributed by atoms with Crippen molar-refractivity contribution in [1.82, 2.24) is 9.47 Å². The standard InChI is InChI=1S/C25H23N3O5S2/c29-17(26-11-5-2-6-12-26)14-27-24-21(35-25(27)32)18(16-10-7-13-33-16)19-20(34-24)23(31)28(22(19)30)15-8-3-1-4-9-15/h1,3-4,7-10,13,18-20H,2,5-6,11-12,14H2. The lowest BCUT2D eigenvalue weighted by atomic mass is 9.87. The minimum absolute atomic E-state index is 0.0650. The van der Waals surface area contributed by atoms with Gasteiger partial charge in [0.1, 0.15) is 17.6 Å². The molecule has 3 aliphatic heterocycles. The number of thiazole rings is 1. The molecule has 0 radical (unpaired) electrons. The van der Waals surface area contributed by atoms with E-state index in [1.54, 1.807) is 36.4 Å².